The number of hydrogen-bond donors (Lipinski definition) is 3. The van der Waals surface area contributed by atoms with Crippen LogP contribution in [0.15, 0.2) is 60.8 Å². The largest absolute Gasteiger partial charge is 0.364 e. The second-order valence-electron chi connectivity index (χ2n) is 8.82. The van der Waals surface area contributed by atoms with Crippen LogP contribution in [0, 0.1) is 0 Å². The van der Waals surface area contributed by atoms with Crippen LogP contribution < -0.4 is 21.3 Å². The van der Waals surface area contributed by atoms with Crippen molar-refractivity contribution in [2.24, 2.45) is 5.73 Å². The Morgan fingerprint density at radius 1 is 1.06 bits per heavy atom. The third-order valence-electron chi connectivity index (χ3n) is 5.95. The molecular formula is C28H36N6O2. The van der Waals surface area contributed by atoms with Crippen LogP contribution in [0.4, 0.5) is 17.3 Å². The normalized spacial score (nSPS) is 15.0. The summed E-state index contributed by atoms with van der Waals surface area (Å²) in [6, 6.07) is 17.2. The van der Waals surface area contributed by atoms with E-state index < -0.39 is 5.91 Å². The summed E-state index contributed by atoms with van der Waals surface area (Å²) >= 11 is 0. The molecule has 1 fully saturated rings. The standard InChI is InChI=1S/C26H30N6O2.C2H6/c1-17(2)18-10-12-19(13-11-18)26(34)30-21-9-6-14-32(16-21)22-15-28-23(24(27)33)25(31-22)29-20-7-4-3-5-8-20;1-2/h3-5,7-8,10-13,15,17,21H,6,9,14,16H2,1-2H3,(H2,27,33)(H,29,31)(H,30,34);1-2H3/t21-;/m1./s1. The summed E-state index contributed by atoms with van der Waals surface area (Å²) < 4.78 is 0. The van der Waals surface area contributed by atoms with Crippen LogP contribution in [0.25, 0.3) is 0 Å². The zero-order chi connectivity index (χ0) is 26.1. The van der Waals surface area contributed by atoms with Crippen molar-refractivity contribution in [3.05, 3.63) is 77.6 Å². The maximum absolute atomic E-state index is 12.8. The van der Waals surface area contributed by atoms with Crippen molar-refractivity contribution in [1.29, 1.82) is 0 Å². The number of piperidine rings is 1. The van der Waals surface area contributed by atoms with Gasteiger partial charge in [-0.25, -0.2) is 9.97 Å². The Labute approximate surface area is 213 Å². The smallest absolute Gasteiger partial charge is 0.271 e. The van der Waals surface area contributed by atoms with Gasteiger partial charge in [0.05, 0.1) is 6.20 Å². The quantitative estimate of drug-likeness (QED) is 0.437. The van der Waals surface area contributed by atoms with Gasteiger partial charge in [0.25, 0.3) is 11.8 Å². The fraction of sp³-hybridized carbons (Fsp3) is 0.357. The van der Waals surface area contributed by atoms with Crippen LogP contribution in [-0.2, 0) is 0 Å². The summed E-state index contributed by atoms with van der Waals surface area (Å²) in [7, 11) is 0. The number of carbonyl (C=O) groups is 2. The van der Waals surface area contributed by atoms with E-state index in [0.29, 0.717) is 29.7 Å². The minimum absolute atomic E-state index is 0.0193. The third-order valence-corrected chi connectivity index (χ3v) is 5.95. The number of nitrogens with two attached hydrogens (primary N) is 1. The summed E-state index contributed by atoms with van der Waals surface area (Å²) in [6.45, 7) is 9.65. The molecule has 0 radical (unpaired) electrons. The van der Waals surface area contributed by atoms with Crippen molar-refractivity contribution >= 4 is 29.1 Å². The fourth-order valence-corrected chi connectivity index (χ4v) is 4.05. The molecule has 8 heteroatoms. The van der Waals surface area contributed by atoms with Crippen LogP contribution in [0.3, 0.4) is 0 Å². The first-order valence-electron chi connectivity index (χ1n) is 12.6. The van der Waals surface area contributed by atoms with Gasteiger partial charge >= 0.3 is 0 Å². The lowest BCUT2D eigenvalue weighted by Crippen LogP contribution is -2.48. The Hall–Kier alpha value is -3.94. The highest BCUT2D eigenvalue weighted by molar-refractivity contribution is 5.96. The predicted molar refractivity (Wildman–Crippen MR) is 145 cm³/mol. The van der Waals surface area contributed by atoms with E-state index in [4.69, 9.17) is 5.73 Å². The first kappa shape index (κ1) is 26.7. The first-order valence-corrected chi connectivity index (χ1v) is 12.6. The number of carbonyl (C=O) groups excluding carboxylic acids is 2. The second kappa shape index (κ2) is 12.7. The summed E-state index contributed by atoms with van der Waals surface area (Å²) in [5.41, 5.74) is 8.24. The van der Waals surface area contributed by atoms with Gasteiger partial charge in [0.15, 0.2) is 11.5 Å². The number of hydrogen-bond acceptors (Lipinski definition) is 6. The summed E-state index contributed by atoms with van der Waals surface area (Å²) in [5.74, 6) is 0.636. The molecule has 1 atom stereocenters. The van der Waals surface area contributed by atoms with Gasteiger partial charge in [-0.05, 0) is 48.6 Å². The van der Waals surface area contributed by atoms with Crippen molar-refractivity contribution in [1.82, 2.24) is 15.3 Å². The number of para-hydroxylation sites is 1. The van der Waals surface area contributed by atoms with Crippen LogP contribution in [0.1, 0.15) is 72.9 Å². The fourth-order valence-electron chi connectivity index (χ4n) is 4.05. The average molecular weight is 489 g/mol. The molecule has 2 amide bonds. The number of primary amides is 1. The maximum Gasteiger partial charge on any atom is 0.271 e. The van der Waals surface area contributed by atoms with Gasteiger partial charge in [0, 0.05) is 30.4 Å². The Balaban J connectivity index is 0.00000176. The number of anilines is 3. The zero-order valence-electron chi connectivity index (χ0n) is 21.5. The SMILES string of the molecule is CC.CC(C)c1ccc(C(=O)N[C@@H]2CCCN(c3cnc(C(N)=O)c(Nc4ccccc4)n3)C2)cc1. The van der Waals surface area contributed by atoms with Crippen molar-refractivity contribution in [3.8, 4) is 0 Å². The number of nitrogens with zero attached hydrogens (tertiary/aromatic N) is 3. The molecule has 1 saturated heterocycles. The van der Waals surface area contributed by atoms with E-state index in [9.17, 15) is 9.59 Å². The number of benzene rings is 2. The van der Waals surface area contributed by atoms with Crippen LogP contribution in [-0.4, -0.2) is 40.9 Å². The Morgan fingerprint density at radius 3 is 2.39 bits per heavy atom. The van der Waals surface area contributed by atoms with Crippen LogP contribution >= 0.6 is 0 Å². The van der Waals surface area contributed by atoms with E-state index in [1.54, 1.807) is 6.20 Å². The van der Waals surface area contributed by atoms with E-state index in [-0.39, 0.29) is 17.6 Å². The first-order chi connectivity index (χ1) is 17.4. The van der Waals surface area contributed by atoms with Crippen LogP contribution in [0.5, 0.6) is 0 Å². The van der Waals surface area contributed by atoms with Gasteiger partial charge in [0.2, 0.25) is 0 Å². The topological polar surface area (TPSA) is 113 Å². The van der Waals surface area contributed by atoms with E-state index in [0.717, 1.165) is 25.1 Å². The molecule has 1 aromatic heterocycles. The lowest BCUT2D eigenvalue weighted by Gasteiger charge is -2.34. The zero-order valence-corrected chi connectivity index (χ0v) is 21.5. The van der Waals surface area contributed by atoms with E-state index in [2.05, 4.69) is 39.3 Å². The monoisotopic (exact) mass is 488 g/mol. The van der Waals surface area contributed by atoms with Gasteiger partial charge in [-0.3, -0.25) is 9.59 Å². The predicted octanol–water partition coefficient (Wildman–Crippen LogP) is 4.87. The molecule has 0 saturated carbocycles. The number of aromatic nitrogens is 2. The van der Waals surface area contributed by atoms with Crippen molar-refractivity contribution < 1.29 is 9.59 Å². The van der Waals surface area contributed by atoms with E-state index in [1.807, 2.05) is 68.4 Å². The van der Waals surface area contributed by atoms with Crippen molar-refractivity contribution in [2.75, 3.05) is 23.3 Å². The highest BCUT2D eigenvalue weighted by atomic mass is 16.2. The molecule has 0 spiro atoms. The molecule has 4 N–H and O–H groups in total. The van der Waals surface area contributed by atoms with E-state index in [1.165, 1.54) is 5.56 Å². The molecule has 190 valence electrons. The molecule has 1 aliphatic heterocycles. The number of amides is 2. The van der Waals surface area contributed by atoms with Crippen LogP contribution in [0.2, 0.25) is 0 Å². The minimum Gasteiger partial charge on any atom is -0.364 e. The summed E-state index contributed by atoms with van der Waals surface area (Å²) in [4.78, 5) is 35.7. The number of nitrogens with one attached hydrogen (secondary N) is 2. The van der Waals surface area contributed by atoms with Gasteiger partial charge < -0.3 is 21.3 Å². The van der Waals surface area contributed by atoms with Gasteiger partial charge in [-0.1, -0.05) is 58.0 Å². The Bertz CT molecular complexity index is 1150. The molecule has 0 aliphatic carbocycles. The molecule has 2 aromatic carbocycles. The molecule has 36 heavy (non-hydrogen) atoms. The number of rotatable bonds is 7. The lowest BCUT2D eigenvalue weighted by atomic mass is 10.0. The lowest BCUT2D eigenvalue weighted by molar-refractivity contribution is 0.0932. The molecule has 3 aromatic rings. The highest BCUT2D eigenvalue weighted by Gasteiger charge is 2.24. The molecule has 4 rings (SSSR count). The molecular weight excluding hydrogens is 452 g/mol. The average Bonchev–Trinajstić information content (AvgIpc) is 2.90. The molecule has 8 nitrogen and oxygen atoms in total. The third kappa shape index (κ3) is 6.81. The Kier molecular flexibility index (Phi) is 9.39. The maximum atomic E-state index is 12.8. The van der Waals surface area contributed by atoms with Gasteiger partial charge in [-0.15, -0.1) is 0 Å². The summed E-state index contributed by atoms with van der Waals surface area (Å²) in [5, 5.41) is 6.29. The van der Waals surface area contributed by atoms with E-state index >= 15 is 0 Å². The Morgan fingerprint density at radius 2 is 1.75 bits per heavy atom. The van der Waals surface area contributed by atoms with Gasteiger partial charge in [0.1, 0.15) is 5.82 Å². The van der Waals surface area contributed by atoms with Gasteiger partial charge in [-0.2, -0.15) is 0 Å². The van der Waals surface area contributed by atoms with Crippen molar-refractivity contribution in [2.45, 2.75) is 52.5 Å². The van der Waals surface area contributed by atoms with Crippen molar-refractivity contribution in [3.63, 3.8) is 0 Å². The molecule has 0 unspecified atom stereocenters. The summed E-state index contributed by atoms with van der Waals surface area (Å²) in [6.07, 6.45) is 3.34. The molecule has 1 aliphatic rings. The molecule has 2 heterocycles. The highest BCUT2D eigenvalue weighted by Crippen LogP contribution is 2.23. The molecule has 0 bridgehead atoms. The second-order valence-corrected chi connectivity index (χ2v) is 8.82. The minimum atomic E-state index is -0.648.